The first kappa shape index (κ1) is 13.8. The number of non-ortho nitro benzene ring substituents is 1. The lowest BCUT2D eigenvalue weighted by molar-refractivity contribution is -0.657. The summed E-state index contributed by atoms with van der Waals surface area (Å²) in [6, 6.07) is 13.3. The Morgan fingerprint density at radius 2 is 2.00 bits per heavy atom. The lowest BCUT2D eigenvalue weighted by atomic mass is 10.1. The number of hydrogen-bond acceptors (Lipinski definition) is 4. The highest BCUT2D eigenvalue weighted by Crippen LogP contribution is 2.14. The van der Waals surface area contributed by atoms with E-state index in [2.05, 4.69) is 4.98 Å². The second-order valence-corrected chi connectivity index (χ2v) is 4.77. The highest BCUT2D eigenvalue weighted by atomic mass is 16.6. The van der Waals surface area contributed by atoms with Gasteiger partial charge in [0.25, 0.3) is 5.69 Å². The van der Waals surface area contributed by atoms with Crippen molar-refractivity contribution in [3.8, 4) is 0 Å². The third kappa shape index (κ3) is 2.67. The van der Waals surface area contributed by atoms with Gasteiger partial charge < -0.3 is 0 Å². The molecule has 0 aliphatic heterocycles. The SMILES string of the molecule is O=C(C[n+]1ccnc2ccccc21)c1cccc([N+](=O)[O-])c1. The average Bonchev–Trinajstić information content (AvgIpc) is 2.55. The first-order chi connectivity index (χ1) is 10.6. The first-order valence-electron chi connectivity index (χ1n) is 6.66. The summed E-state index contributed by atoms with van der Waals surface area (Å²) in [5, 5.41) is 10.8. The zero-order valence-electron chi connectivity index (χ0n) is 11.5. The van der Waals surface area contributed by atoms with E-state index in [0.29, 0.717) is 5.56 Å². The lowest BCUT2D eigenvalue weighted by Crippen LogP contribution is -2.38. The minimum atomic E-state index is -0.508. The van der Waals surface area contributed by atoms with Crippen molar-refractivity contribution in [3.05, 3.63) is 76.6 Å². The number of fused-ring (bicyclic) bond motifs is 1. The molecule has 0 unspecified atom stereocenters. The average molecular weight is 294 g/mol. The molecule has 22 heavy (non-hydrogen) atoms. The maximum atomic E-state index is 12.4. The number of carbonyl (C=O) groups excluding carboxylic acids is 1. The molecule has 0 saturated carbocycles. The van der Waals surface area contributed by atoms with Gasteiger partial charge in [0.05, 0.1) is 11.1 Å². The van der Waals surface area contributed by atoms with Crippen molar-refractivity contribution in [3.63, 3.8) is 0 Å². The lowest BCUT2D eigenvalue weighted by Gasteiger charge is -2.01. The summed E-state index contributed by atoms with van der Waals surface area (Å²) in [4.78, 5) is 26.9. The van der Waals surface area contributed by atoms with Crippen molar-refractivity contribution in [1.29, 1.82) is 0 Å². The molecule has 0 radical (unpaired) electrons. The van der Waals surface area contributed by atoms with E-state index in [4.69, 9.17) is 0 Å². The van der Waals surface area contributed by atoms with Crippen molar-refractivity contribution in [1.82, 2.24) is 4.98 Å². The van der Waals surface area contributed by atoms with Gasteiger partial charge in [-0.15, -0.1) is 0 Å². The zero-order valence-corrected chi connectivity index (χ0v) is 11.5. The highest BCUT2D eigenvalue weighted by molar-refractivity contribution is 5.95. The summed E-state index contributed by atoms with van der Waals surface area (Å²) in [6.07, 6.45) is 3.35. The fourth-order valence-corrected chi connectivity index (χ4v) is 2.27. The number of para-hydroxylation sites is 2. The van der Waals surface area contributed by atoms with Crippen LogP contribution in [-0.2, 0) is 6.54 Å². The standard InChI is InChI=1S/C16H12N3O3/c20-16(12-4-3-5-13(10-12)19(21)22)11-18-9-8-17-14-6-1-2-7-15(14)18/h1-10H,11H2/q+1. The Balaban J connectivity index is 1.93. The number of hydrogen-bond donors (Lipinski definition) is 0. The number of nitrogens with zero attached hydrogens (tertiary/aromatic N) is 3. The van der Waals surface area contributed by atoms with E-state index in [1.807, 2.05) is 24.3 Å². The molecule has 0 fully saturated rings. The molecule has 0 aliphatic rings. The van der Waals surface area contributed by atoms with Crippen LogP contribution in [0.25, 0.3) is 11.0 Å². The van der Waals surface area contributed by atoms with Crippen LogP contribution in [0.2, 0.25) is 0 Å². The molecule has 6 nitrogen and oxygen atoms in total. The predicted octanol–water partition coefficient (Wildman–Crippen LogP) is 2.31. The monoisotopic (exact) mass is 294 g/mol. The minimum absolute atomic E-state index is 0.0876. The van der Waals surface area contributed by atoms with Gasteiger partial charge in [-0.2, -0.15) is 4.57 Å². The van der Waals surface area contributed by atoms with Gasteiger partial charge in [0.2, 0.25) is 17.8 Å². The second-order valence-electron chi connectivity index (χ2n) is 4.77. The normalized spacial score (nSPS) is 10.5. The van der Waals surface area contributed by atoms with Gasteiger partial charge in [0.15, 0.2) is 6.20 Å². The van der Waals surface area contributed by atoms with Crippen molar-refractivity contribution < 1.29 is 14.3 Å². The Kier molecular flexibility index (Phi) is 3.57. The number of rotatable bonds is 4. The number of benzene rings is 2. The Morgan fingerprint density at radius 1 is 1.18 bits per heavy atom. The van der Waals surface area contributed by atoms with E-state index < -0.39 is 4.92 Å². The van der Waals surface area contributed by atoms with Crippen molar-refractivity contribution in [2.75, 3.05) is 0 Å². The molecular formula is C16H12N3O3+. The number of nitro benzene ring substituents is 1. The Labute approximate surface area is 125 Å². The largest absolute Gasteiger partial charge is 0.287 e. The molecule has 3 aromatic rings. The highest BCUT2D eigenvalue weighted by Gasteiger charge is 2.17. The van der Waals surface area contributed by atoms with E-state index in [1.165, 1.54) is 18.2 Å². The van der Waals surface area contributed by atoms with Gasteiger partial charge in [-0.3, -0.25) is 14.9 Å². The van der Waals surface area contributed by atoms with Crippen molar-refractivity contribution >= 4 is 22.5 Å². The molecule has 3 rings (SSSR count). The van der Waals surface area contributed by atoms with Gasteiger partial charge in [0, 0.05) is 23.8 Å². The molecule has 0 saturated heterocycles. The van der Waals surface area contributed by atoms with Crippen LogP contribution in [0.3, 0.4) is 0 Å². The van der Waals surface area contributed by atoms with Crippen LogP contribution in [0.15, 0.2) is 60.9 Å². The molecule has 1 aromatic heterocycles. The number of carbonyl (C=O) groups is 1. The van der Waals surface area contributed by atoms with Crippen LogP contribution in [0.4, 0.5) is 5.69 Å². The molecule has 2 aromatic carbocycles. The fraction of sp³-hybridized carbons (Fsp3) is 0.0625. The second kappa shape index (κ2) is 5.69. The van der Waals surface area contributed by atoms with Crippen LogP contribution in [0.5, 0.6) is 0 Å². The van der Waals surface area contributed by atoms with Gasteiger partial charge in [-0.1, -0.05) is 24.3 Å². The van der Waals surface area contributed by atoms with Crippen LogP contribution < -0.4 is 4.57 Å². The predicted molar refractivity (Wildman–Crippen MR) is 79.4 cm³/mol. The van der Waals surface area contributed by atoms with E-state index >= 15 is 0 Å². The molecule has 0 bridgehead atoms. The summed E-state index contributed by atoms with van der Waals surface area (Å²) in [5.41, 5.74) is 1.86. The fourth-order valence-electron chi connectivity index (χ4n) is 2.27. The summed E-state index contributed by atoms with van der Waals surface area (Å²) in [6.45, 7) is 0.101. The van der Waals surface area contributed by atoms with Gasteiger partial charge in [0.1, 0.15) is 5.52 Å². The third-order valence-corrected chi connectivity index (χ3v) is 3.34. The molecule has 6 heteroatoms. The molecule has 1 heterocycles. The van der Waals surface area contributed by atoms with Gasteiger partial charge >= 0.3 is 0 Å². The van der Waals surface area contributed by atoms with Crippen LogP contribution in [0, 0.1) is 10.1 Å². The van der Waals surface area contributed by atoms with E-state index in [1.54, 1.807) is 23.0 Å². The van der Waals surface area contributed by atoms with Crippen LogP contribution in [0.1, 0.15) is 10.4 Å². The quantitative estimate of drug-likeness (QED) is 0.320. The summed E-state index contributed by atoms with van der Waals surface area (Å²) >= 11 is 0. The molecule has 108 valence electrons. The molecule has 0 amide bonds. The molecule has 0 N–H and O–H groups in total. The third-order valence-electron chi connectivity index (χ3n) is 3.34. The number of nitro groups is 1. The Morgan fingerprint density at radius 3 is 2.82 bits per heavy atom. The molecule has 0 atom stereocenters. The molecule has 0 aliphatic carbocycles. The molecule has 0 spiro atoms. The first-order valence-corrected chi connectivity index (χ1v) is 6.66. The van der Waals surface area contributed by atoms with Crippen LogP contribution in [-0.4, -0.2) is 15.7 Å². The number of aromatic nitrogens is 2. The Hall–Kier alpha value is -3.15. The Bertz CT molecular complexity index is 872. The maximum Gasteiger partial charge on any atom is 0.270 e. The molecular weight excluding hydrogens is 282 g/mol. The summed E-state index contributed by atoms with van der Waals surface area (Å²) in [5.74, 6) is -0.190. The zero-order chi connectivity index (χ0) is 15.5. The van der Waals surface area contributed by atoms with E-state index in [0.717, 1.165) is 11.0 Å². The summed E-state index contributed by atoms with van der Waals surface area (Å²) in [7, 11) is 0. The van der Waals surface area contributed by atoms with Gasteiger partial charge in [-0.05, 0) is 6.07 Å². The van der Waals surface area contributed by atoms with E-state index in [9.17, 15) is 14.9 Å². The number of Topliss-reactive ketones (excluding diaryl/α,β-unsaturated/α-hetero) is 1. The number of ketones is 1. The summed E-state index contributed by atoms with van der Waals surface area (Å²) < 4.78 is 1.78. The van der Waals surface area contributed by atoms with Crippen molar-refractivity contribution in [2.45, 2.75) is 6.54 Å². The van der Waals surface area contributed by atoms with Crippen molar-refractivity contribution in [2.24, 2.45) is 0 Å². The van der Waals surface area contributed by atoms with Gasteiger partial charge in [-0.25, -0.2) is 4.98 Å². The topological polar surface area (TPSA) is 77.0 Å². The maximum absolute atomic E-state index is 12.4. The smallest absolute Gasteiger partial charge is 0.270 e. The van der Waals surface area contributed by atoms with E-state index in [-0.39, 0.29) is 18.0 Å². The minimum Gasteiger partial charge on any atom is -0.287 e. The van der Waals surface area contributed by atoms with Crippen LogP contribution >= 0.6 is 0 Å².